The van der Waals surface area contributed by atoms with Crippen molar-refractivity contribution >= 4 is 19.1 Å². The molecule has 0 bridgehead atoms. The average molecular weight is 342 g/mol. The summed E-state index contributed by atoms with van der Waals surface area (Å²) in [6, 6.07) is 0.177. The summed E-state index contributed by atoms with van der Waals surface area (Å²) in [6.07, 6.45) is 3.96. The van der Waals surface area contributed by atoms with Crippen LogP contribution < -0.4 is 5.73 Å². The Bertz CT molecular complexity index is 469. The second-order valence-electron chi connectivity index (χ2n) is 7.23. The number of hydrogen-bond acceptors (Lipinski definition) is 6. The maximum absolute atomic E-state index is 11.7. The molecule has 0 unspecified atom stereocenters. The monoisotopic (exact) mass is 342 g/mol. The van der Waals surface area contributed by atoms with Crippen molar-refractivity contribution in [2.45, 2.75) is 56.4 Å². The summed E-state index contributed by atoms with van der Waals surface area (Å²) in [5.41, 5.74) is 4.85. The third kappa shape index (κ3) is 4.27. The van der Waals surface area contributed by atoms with Crippen molar-refractivity contribution in [1.82, 2.24) is 4.90 Å². The quantitative estimate of drug-likeness (QED) is 0.393. The van der Waals surface area contributed by atoms with Gasteiger partial charge in [-0.3, -0.25) is 14.5 Å². The molecule has 0 aromatic heterocycles. The van der Waals surface area contributed by atoms with Gasteiger partial charge < -0.3 is 26.0 Å². The lowest BCUT2D eigenvalue weighted by molar-refractivity contribution is -0.144. The van der Waals surface area contributed by atoms with Crippen LogP contribution in [0.4, 0.5) is 0 Å². The highest BCUT2D eigenvalue weighted by Crippen LogP contribution is 2.36. The Morgan fingerprint density at radius 3 is 2.29 bits per heavy atom. The van der Waals surface area contributed by atoms with Crippen molar-refractivity contribution < 1.29 is 29.9 Å². The molecule has 0 aromatic rings. The normalized spacial score (nSPS) is 34.2. The predicted molar refractivity (Wildman–Crippen MR) is 87.2 cm³/mol. The van der Waals surface area contributed by atoms with Crippen LogP contribution in [0.15, 0.2) is 0 Å². The molecular weight excluding hydrogens is 315 g/mol. The van der Waals surface area contributed by atoms with Crippen molar-refractivity contribution in [1.29, 1.82) is 0 Å². The molecule has 2 atom stereocenters. The molecule has 1 aliphatic heterocycles. The van der Waals surface area contributed by atoms with E-state index in [1.165, 1.54) is 0 Å². The van der Waals surface area contributed by atoms with Crippen molar-refractivity contribution in [3.63, 3.8) is 0 Å². The lowest BCUT2D eigenvalue weighted by Gasteiger charge is -2.33. The van der Waals surface area contributed by atoms with Crippen LogP contribution in [0, 0.1) is 11.8 Å². The number of carboxylic acid groups (broad SMARTS) is 2. The van der Waals surface area contributed by atoms with Crippen molar-refractivity contribution in [2.75, 3.05) is 13.1 Å². The summed E-state index contributed by atoms with van der Waals surface area (Å²) in [6.45, 7) is 0.823. The van der Waals surface area contributed by atoms with E-state index < -0.39 is 24.6 Å². The fourth-order valence-corrected chi connectivity index (χ4v) is 4.08. The lowest BCUT2D eigenvalue weighted by atomic mass is 9.78. The minimum Gasteiger partial charge on any atom is -0.481 e. The van der Waals surface area contributed by atoms with Crippen LogP contribution >= 0.6 is 0 Å². The second-order valence-corrected chi connectivity index (χ2v) is 7.23. The number of hydrogen-bond donors (Lipinski definition) is 5. The molecular formula is C15H27BN2O6. The fraction of sp³-hybridized carbons (Fsp3) is 0.867. The molecule has 2 rings (SSSR count). The zero-order valence-corrected chi connectivity index (χ0v) is 13.8. The summed E-state index contributed by atoms with van der Waals surface area (Å²) in [7, 11) is -1.38. The molecule has 1 heterocycles. The van der Waals surface area contributed by atoms with Gasteiger partial charge in [0.25, 0.3) is 0 Å². The van der Waals surface area contributed by atoms with Crippen LogP contribution in [-0.4, -0.2) is 68.9 Å². The SMILES string of the molecule is N[C@@]1(C(=O)O)CN(C2CCC(C(=O)O)CC2)C[C@@H]1CCCB(O)O. The smallest absolute Gasteiger partial charge is 0.451 e. The van der Waals surface area contributed by atoms with Crippen LogP contribution in [0.3, 0.4) is 0 Å². The Labute approximate surface area is 141 Å². The minimum atomic E-state index is -1.38. The van der Waals surface area contributed by atoms with Gasteiger partial charge in [0, 0.05) is 25.0 Å². The molecule has 2 fully saturated rings. The van der Waals surface area contributed by atoms with Crippen LogP contribution in [-0.2, 0) is 9.59 Å². The molecule has 0 amide bonds. The number of likely N-dealkylation sites (tertiary alicyclic amines) is 1. The van der Waals surface area contributed by atoms with E-state index in [0.29, 0.717) is 32.2 Å². The number of nitrogens with two attached hydrogens (primary N) is 1. The van der Waals surface area contributed by atoms with Gasteiger partial charge in [-0.05, 0) is 38.4 Å². The standard InChI is InChI=1S/C15H27BN2O6/c17-15(14(21)22)9-18(8-11(15)2-1-7-16(23)24)12-5-3-10(4-6-12)13(19)20/h10-12,23-24H,1-9,17H2,(H,19,20)(H,21,22)/t10?,11-,12?,15-/m0/s1. The number of aliphatic carboxylic acids is 2. The van der Waals surface area contributed by atoms with Gasteiger partial charge in [0.05, 0.1) is 5.92 Å². The first kappa shape index (κ1) is 19.2. The Balaban J connectivity index is 1.96. The maximum atomic E-state index is 11.7. The van der Waals surface area contributed by atoms with E-state index in [0.717, 1.165) is 12.8 Å². The third-order valence-electron chi connectivity index (χ3n) is 5.62. The molecule has 2 aliphatic rings. The van der Waals surface area contributed by atoms with Gasteiger partial charge in [-0.2, -0.15) is 0 Å². The highest BCUT2D eigenvalue weighted by molar-refractivity contribution is 6.40. The molecule has 8 nitrogen and oxygen atoms in total. The molecule has 1 saturated heterocycles. The summed E-state index contributed by atoms with van der Waals surface area (Å²) in [4.78, 5) is 24.8. The molecule has 0 spiro atoms. The van der Waals surface area contributed by atoms with Crippen LogP contribution in [0.5, 0.6) is 0 Å². The topological polar surface area (TPSA) is 144 Å². The number of rotatable bonds is 7. The van der Waals surface area contributed by atoms with E-state index in [4.69, 9.17) is 20.9 Å². The van der Waals surface area contributed by atoms with E-state index in [1.54, 1.807) is 0 Å². The Morgan fingerprint density at radius 1 is 1.17 bits per heavy atom. The van der Waals surface area contributed by atoms with Crippen LogP contribution in [0.1, 0.15) is 38.5 Å². The lowest BCUT2D eigenvalue weighted by Crippen LogP contribution is -2.55. The summed E-state index contributed by atoms with van der Waals surface area (Å²) in [5.74, 6) is -2.33. The zero-order chi connectivity index (χ0) is 17.9. The fourth-order valence-electron chi connectivity index (χ4n) is 4.08. The van der Waals surface area contributed by atoms with Gasteiger partial charge in [0.15, 0.2) is 0 Å². The molecule has 9 heteroatoms. The van der Waals surface area contributed by atoms with Gasteiger partial charge in [-0.25, -0.2) is 0 Å². The minimum absolute atomic E-state index is 0.177. The first-order valence-electron chi connectivity index (χ1n) is 8.59. The van der Waals surface area contributed by atoms with E-state index in [-0.39, 0.29) is 30.7 Å². The van der Waals surface area contributed by atoms with Gasteiger partial charge in [-0.1, -0.05) is 6.42 Å². The summed E-state index contributed by atoms with van der Waals surface area (Å²) < 4.78 is 0. The predicted octanol–water partition coefficient (Wildman–Crippen LogP) is -0.403. The van der Waals surface area contributed by atoms with E-state index >= 15 is 0 Å². The van der Waals surface area contributed by atoms with Crippen molar-refractivity contribution in [3.05, 3.63) is 0 Å². The van der Waals surface area contributed by atoms with E-state index in [2.05, 4.69) is 4.90 Å². The molecule has 6 N–H and O–H groups in total. The molecule has 0 aromatic carbocycles. The highest BCUT2D eigenvalue weighted by Gasteiger charge is 2.50. The maximum Gasteiger partial charge on any atom is 0.451 e. The van der Waals surface area contributed by atoms with Gasteiger partial charge in [0.1, 0.15) is 5.54 Å². The molecule has 0 radical (unpaired) electrons. The summed E-state index contributed by atoms with van der Waals surface area (Å²) >= 11 is 0. The zero-order valence-electron chi connectivity index (χ0n) is 13.8. The van der Waals surface area contributed by atoms with Gasteiger partial charge in [-0.15, -0.1) is 0 Å². The van der Waals surface area contributed by atoms with Crippen LogP contribution in [0.2, 0.25) is 6.32 Å². The van der Waals surface area contributed by atoms with Gasteiger partial charge >= 0.3 is 19.1 Å². The Morgan fingerprint density at radius 2 is 1.79 bits per heavy atom. The third-order valence-corrected chi connectivity index (χ3v) is 5.62. The van der Waals surface area contributed by atoms with Crippen molar-refractivity contribution in [2.24, 2.45) is 17.6 Å². The number of carbonyl (C=O) groups is 2. The summed E-state index contributed by atoms with van der Waals surface area (Å²) in [5, 5.41) is 36.5. The number of nitrogens with zero attached hydrogens (tertiary/aromatic N) is 1. The second kappa shape index (κ2) is 7.82. The van der Waals surface area contributed by atoms with Gasteiger partial charge in [0.2, 0.25) is 0 Å². The molecule has 1 saturated carbocycles. The first-order chi connectivity index (χ1) is 11.2. The Hall–Kier alpha value is -1.16. The van der Waals surface area contributed by atoms with E-state index in [1.807, 2.05) is 0 Å². The van der Waals surface area contributed by atoms with Crippen molar-refractivity contribution in [3.8, 4) is 0 Å². The van der Waals surface area contributed by atoms with E-state index in [9.17, 15) is 14.7 Å². The van der Waals surface area contributed by atoms with Crippen LogP contribution in [0.25, 0.3) is 0 Å². The largest absolute Gasteiger partial charge is 0.481 e. The molecule has 136 valence electrons. The highest BCUT2D eigenvalue weighted by atomic mass is 16.4. The Kier molecular flexibility index (Phi) is 6.25. The molecule has 1 aliphatic carbocycles. The first-order valence-corrected chi connectivity index (χ1v) is 8.59. The average Bonchev–Trinajstić information content (AvgIpc) is 2.86. The molecule has 24 heavy (non-hydrogen) atoms. The number of carboxylic acids is 2.